The molecule has 0 aliphatic carbocycles. The number of nitrogens with zero attached hydrogens (tertiary/aromatic N) is 2. The zero-order valence-electron chi connectivity index (χ0n) is 27.9. The molecule has 1 atom stereocenters. The summed E-state index contributed by atoms with van der Waals surface area (Å²) in [4.78, 5) is 10.5. The van der Waals surface area contributed by atoms with E-state index in [4.69, 9.17) is 18.8 Å². The highest BCUT2D eigenvalue weighted by molar-refractivity contribution is 6.19. The number of aliphatic imine (C=N–C) groups is 2. The first kappa shape index (κ1) is 28.8. The molecule has 1 N–H and O–H groups in total. The van der Waals surface area contributed by atoms with E-state index in [1.807, 2.05) is 48.5 Å². The first-order chi connectivity index (χ1) is 25.8. The van der Waals surface area contributed by atoms with Gasteiger partial charge in [0.05, 0.1) is 0 Å². The van der Waals surface area contributed by atoms with Crippen LogP contribution in [0.1, 0.15) is 22.9 Å². The fourth-order valence-electron chi connectivity index (χ4n) is 7.91. The van der Waals surface area contributed by atoms with Crippen molar-refractivity contribution in [2.45, 2.75) is 6.17 Å². The molecular formula is C47H29N3O2. The number of rotatable bonds is 4. The monoisotopic (exact) mass is 667 g/mol. The third kappa shape index (κ3) is 4.42. The molecule has 0 amide bonds. The van der Waals surface area contributed by atoms with Crippen LogP contribution in [0.2, 0.25) is 0 Å². The highest BCUT2D eigenvalue weighted by Gasteiger charge is 2.27. The van der Waals surface area contributed by atoms with Crippen LogP contribution in [0.4, 0.5) is 0 Å². The van der Waals surface area contributed by atoms with Gasteiger partial charge in [0.1, 0.15) is 34.3 Å². The Kier molecular flexibility index (Phi) is 6.25. The smallest absolute Gasteiger partial charge is 0.159 e. The largest absolute Gasteiger partial charge is 0.456 e. The number of hydrogen-bond donors (Lipinski definition) is 1. The maximum absolute atomic E-state index is 6.78. The molecule has 244 valence electrons. The number of fused-ring (bicyclic) bond motifs is 9. The van der Waals surface area contributed by atoms with Crippen LogP contribution in [0.25, 0.3) is 76.5 Å². The Labute approximate surface area is 298 Å². The van der Waals surface area contributed by atoms with Crippen LogP contribution >= 0.6 is 0 Å². The molecule has 1 aliphatic rings. The van der Waals surface area contributed by atoms with E-state index in [9.17, 15) is 0 Å². The van der Waals surface area contributed by atoms with Crippen LogP contribution in [0.5, 0.6) is 0 Å². The Hall–Kier alpha value is -6.98. The van der Waals surface area contributed by atoms with E-state index >= 15 is 0 Å². The summed E-state index contributed by atoms with van der Waals surface area (Å²) in [7, 11) is 0. The highest BCUT2D eigenvalue weighted by atomic mass is 16.3. The number of para-hydroxylation sites is 2. The lowest BCUT2D eigenvalue weighted by atomic mass is 9.94. The summed E-state index contributed by atoms with van der Waals surface area (Å²) >= 11 is 0. The average molecular weight is 668 g/mol. The summed E-state index contributed by atoms with van der Waals surface area (Å²) in [6.07, 6.45) is -0.436. The maximum Gasteiger partial charge on any atom is 0.159 e. The van der Waals surface area contributed by atoms with Crippen molar-refractivity contribution in [3.8, 4) is 11.1 Å². The molecule has 11 rings (SSSR count). The predicted octanol–water partition coefficient (Wildman–Crippen LogP) is 12.0. The molecular weight excluding hydrogens is 639 g/mol. The van der Waals surface area contributed by atoms with Crippen LogP contribution in [-0.2, 0) is 0 Å². The molecule has 0 bridgehead atoms. The van der Waals surface area contributed by atoms with Gasteiger partial charge in [-0.25, -0.2) is 9.98 Å². The molecule has 5 heteroatoms. The van der Waals surface area contributed by atoms with Gasteiger partial charge < -0.3 is 14.2 Å². The second kappa shape index (κ2) is 11.3. The SMILES string of the molecule is c1ccc(C2=NC(c3ccc(-c4cccc5oc6ccccc6c45)c4oc5ccccc5c34)NC(c3ccc4ccc5ccccc5c4c3)=N2)cc1. The predicted molar refractivity (Wildman–Crippen MR) is 213 cm³/mol. The van der Waals surface area contributed by atoms with E-state index in [2.05, 4.69) is 121 Å². The minimum atomic E-state index is -0.436. The molecule has 1 aliphatic heterocycles. The van der Waals surface area contributed by atoms with Gasteiger partial charge in [-0.15, -0.1) is 0 Å². The first-order valence-corrected chi connectivity index (χ1v) is 17.5. The lowest BCUT2D eigenvalue weighted by Crippen LogP contribution is -2.33. The van der Waals surface area contributed by atoms with Crippen molar-refractivity contribution in [2.24, 2.45) is 9.98 Å². The van der Waals surface area contributed by atoms with Crippen LogP contribution < -0.4 is 5.32 Å². The van der Waals surface area contributed by atoms with Crippen molar-refractivity contribution < 1.29 is 8.83 Å². The molecule has 1 unspecified atom stereocenters. The Balaban J connectivity index is 1.13. The van der Waals surface area contributed by atoms with Crippen molar-refractivity contribution in [3.05, 3.63) is 180 Å². The van der Waals surface area contributed by atoms with E-state index in [1.165, 1.54) is 21.5 Å². The Morgan fingerprint density at radius 3 is 1.98 bits per heavy atom. The summed E-state index contributed by atoms with van der Waals surface area (Å²) in [5.74, 6) is 1.45. The first-order valence-electron chi connectivity index (χ1n) is 17.5. The molecule has 0 radical (unpaired) electrons. The standard InChI is InChI=1S/C47H29N3O2/c1-2-12-30(13-3-1)45-48-46(31-24-23-29-22-21-28-11-4-5-14-32(28)38(29)27-31)50-47(49-45)37-26-25-34(44-43(37)36-16-7-9-19-40(36)52-44)33-17-10-20-41-42(33)35-15-6-8-18-39(35)51-41/h1-27,47H,(H,48,49,50). The zero-order valence-corrected chi connectivity index (χ0v) is 27.9. The number of nitrogens with one attached hydrogen (secondary N) is 1. The quantitative estimate of drug-likeness (QED) is 0.190. The van der Waals surface area contributed by atoms with E-state index < -0.39 is 6.17 Å². The molecule has 3 heterocycles. The summed E-state index contributed by atoms with van der Waals surface area (Å²) in [6.45, 7) is 0. The second-order valence-electron chi connectivity index (χ2n) is 13.3. The molecule has 5 nitrogen and oxygen atoms in total. The van der Waals surface area contributed by atoms with Crippen molar-refractivity contribution in [1.82, 2.24) is 5.32 Å². The fourth-order valence-corrected chi connectivity index (χ4v) is 7.91. The van der Waals surface area contributed by atoms with E-state index in [1.54, 1.807) is 0 Å². The summed E-state index contributed by atoms with van der Waals surface area (Å²) in [5.41, 5.74) is 8.40. The number of benzene rings is 8. The van der Waals surface area contributed by atoms with Crippen LogP contribution in [0.15, 0.2) is 183 Å². The van der Waals surface area contributed by atoms with Gasteiger partial charge in [0.2, 0.25) is 0 Å². The summed E-state index contributed by atoms with van der Waals surface area (Å²) in [5, 5.41) is 12.8. The van der Waals surface area contributed by atoms with Crippen LogP contribution in [-0.4, -0.2) is 11.7 Å². The maximum atomic E-state index is 6.78. The topological polar surface area (TPSA) is 63.0 Å². The average Bonchev–Trinajstić information content (AvgIpc) is 3.80. The lowest BCUT2D eigenvalue weighted by molar-refractivity contribution is 0.663. The van der Waals surface area contributed by atoms with Gasteiger partial charge in [0.25, 0.3) is 0 Å². The summed E-state index contributed by atoms with van der Waals surface area (Å²) < 4.78 is 13.1. The Morgan fingerprint density at radius 2 is 1.13 bits per heavy atom. The van der Waals surface area contributed by atoms with Crippen LogP contribution in [0, 0.1) is 0 Å². The van der Waals surface area contributed by atoms with Gasteiger partial charge in [-0.2, -0.15) is 0 Å². The highest BCUT2D eigenvalue weighted by Crippen LogP contribution is 2.44. The fraction of sp³-hybridized carbons (Fsp3) is 0.0213. The van der Waals surface area contributed by atoms with E-state index in [0.29, 0.717) is 5.84 Å². The van der Waals surface area contributed by atoms with E-state index in [-0.39, 0.29) is 0 Å². The molecule has 52 heavy (non-hydrogen) atoms. The lowest BCUT2D eigenvalue weighted by Gasteiger charge is -2.25. The van der Waals surface area contributed by atoms with Crippen molar-refractivity contribution >= 4 is 77.1 Å². The zero-order chi connectivity index (χ0) is 34.2. The normalized spacial score (nSPS) is 14.7. The third-order valence-corrected chi connectivity index (χ3v) is 10.3. The van der Waals surface area contributed by atoms with Gasteiger partial charge in [0, 0.05) is 43.8 Å². The van der Waals surface area contributed by atoms with Gasteiger partial charge >= 0.3 is 0 Å². The molecule has 2 aromatic heterocycles. The van der Waals surface area contributed by atoms with Crippen LogP contribution in [0.3, 0.4) is 0 Å². The molecule has 0 saturated carbocycles. The van der Waals surface area contributed by atoms with Gasteiger partial charge in [0.15, 0.2) is 5.84 Å². The molecule has 0 spiro atoms. The van der Waals surface area contributed by atoms with Gasteiger partial charge in [-0.3, -0.25) is 0 Å². The van der Waals surface area contributed by atoms with Crippen molar-refractivity contribution in [3.63, 3.8) is 0 Å². The number of amidine groups is 2. The van der Waals surface area contributed by atoms with Gasteiger partial charge in [-0.1, -0.05) is 140 Å². The second-order valence-corrected chi connectivity index (χ2v) is 13.3. The Bertz CT molecular complexity index is 3110. The van der Waals surface area contributed by atoms with Gasteiger partial charge in [-0.05, 0) is 51.4 Å². The molecule has 0 fully saturated rings. The minimum Gasteiger partial charge on any atom is -0.456 e. The third-order valence-electron chi connectivity index (χ3n) is 10.3. The van der Waals surface area contributed by atoms with E-state index in [0.717, 1.165) is 77.5 Å². The summed E-state index contributed by atoms with van der Waals surface area (Å²) in [6, 6.07) is 56.8. The number of hydrogen-bond acceptors (Lipinski definition) is 5. The number of furan rings is 2. The molecule has 8 aromatic carbocycles. The molecule has 10 aromatic rings. The minimum absolute atomic E-state index is 0.436. The Morgan fingerprint density at radius 1 is 0.462 bits per heavy atom. The van der Waals surface area contributed by atoms with Crippen molar-refractivity contribution in [2.75, 3.05) is 0 Å². The molecule has 0 saturated heterocycles. The van der Waals surface area contributed by atoms with Crippen molar-refractivity contribution in [1.29, 1.82) is 0 Å².